The molecule has 0 saturated carbocycles. The van der Waals surface area contributed by atoms with Crippen LogP contribution < -0.4 is 18.9 Å². The van der Waals surface area contributed by atoms with Crippen molar-refractivity contribution in [2.45, 2.75) is 6.92 Å². The van der Waals surface area contributed by atoms with E-state index in [2.05, 4.69) is 13.2 Å². The molecule has 0 unspecified atom stereocenters. The molecule has 0 atom stereocenters. The minimum absolute atomic E-state index is 0.0680. The Hall–Kier alpha value is -5.46. The van der Waals surface area contributed by atoms with Crippen LogP contribution in [0, 0.1) is 6.92 Å². The summed E-state index contributed by atoms with van der Waals surface area (Å²) >= 11 is 0. The first kappa shape index (κ1) is 35.0. The summed E-state index contributed by atoms with van der Waals surface area (Å²) in [6.07, 6.45) is 2.15. The van der Waals surface area contributed by atoms with Gasteiger partial charge in [0.2, 0.25) is 0 Å². The van der Waals surface area contributed by atoms with Gasteiger partial charge in [-0.15, -0.1) is 0 Å². The minimum Gasteiger partial charge on any atom is -0.491 e. The van der Waals surface area contributed by atoms with Gasteiger partial charge in [0.15, 0.2) is 6.79 Å². The molecule has 0 aromatic heterocycles. The summed E-state index contributed by atoms with van der Waals surface area (Å²) in [5.74, 6) is -0.602. The van der Waals surface area contributed by atoms with E-state index in [4.69, 9.17) is 37.9 Å². The Labute approximate surface area is 266 Å². The van der Waals surface area contributed by atoms with E-state index in [1.807, 2.05) is 0 Å². The molecule has 0 radical (unpaired) electrons. The van der Waals surface area contributed by atoms with Gasteiger partial charge in [-0.25, -0.2) is 19.2 Å². The average Bonchev–Trinajstić information content (AvgIpc) is 3.07. The Morgan fingerprint density at radius 2 is 1.09 bits per heavy atom. The normalized spacial score (nSPS) is 10.3. The highest BCUT2D eigenvalue weighted by molar-refractivity contribution is 5.92. The molecule has 0 bridgehead atoms. The van der Waals surface area contributed by atoms with Crippen molar-refractivity contribution in [3.05, 3.63) is 109 Å². The van der Waals surface area contributed by atoms with Crippen LogP contribution in [0.5, 0.6) is 23.0 Å². The van der Waals surface area contributed by atoms with Gasteiger partial charge in [0, 0.05) is 12.2 Å². The van der Waals surface area contributed by atoms with Crippen LogP contribution >= 0.6 is 0 Å². The number of carbonyl (C=O) groups excluding carboxylic acids is 4. The smallest absolute Gasteiger partial charge is 0.343 e. The van der Waals surface area contributed by atoms with Gasteiger partial charge < -0.3 is 37.9 Å². The number of ether oxygens (including phenoxy) is 8. The fraction of sp³-hybridized carbons (Fsp3) is 0.235. The first-order valence-electron chi connectivity index (χ1n) is 14.0. The molecule has 0 aliphatic heterocycles. The highest BCUT2D eigenvalue weighted by atomic mass is 16.7. The Morgan fingerprint density at radius 1 is 0.587 bits per heavy atom. The van der Waals surface area contributed by atoms with E-state index in [0.29, 0.717) is 33.9 Å². The minimum atomic E-state index is -0.584. The topological polar surface area (TPSA) is 142 Å². The molecular weight excluding hydrogens is 600 g/mol. The molecule has 3 aromatic carbocycles. The first-order valence-corrected chi connectivity index (χ1v) is 14.0. The third-order valence-corrected chi connectivity index (χ3v) is 5.82. The molecule has 0 saturated heterocycles. The van der Waals surface area contributed by atoms with Crippen LogP contribution in [0.2, 0.25) is 0 Å². The molecular formula is C34H34O12. The lowest BCUT2D eigenvalue weighted by Gasteiger charge is -2.11. The Morgan fingerprint density at radius 3 is 1.65 bits per heavy atom. The first-order chi connectivity index (χ1) is 22.3. The number of esters is 4. The lowest BCUT2D eigenvalue weighted by atomic mass is 10.2. The van der Waals surface area contributed by atoms with Gasteiger partial charge in [-0.05, 0) is 79.2 Å². The van der Waals surface area contributed by atoms with Crippen molar-refractivity contribution in [1.29, 1.82) is 0 Å². The maximum Gasteiger partial charge on any atom is 0.343 e. The summed E-state index contributed by atoms with van der Waals surface area (Å²) in [6, 6.07) is 17.3. The number of aryl methyl sites for hydroxylation is 1. The second-order valence-corrected chi connectivity index (χ2v) is 9.13. The van der Waals surface area contributed by atoms with Crippen LogP contribution in [0.15, 0.2) is 92.0 Å². The van der Waals surface area contributed by atoms with Gasteiger partial charge in [0.1, 0.15) is 42.8 Å². The summed E-state index contributed by atoms with van der Waals surface area (Å²) in [6.45, 7) is 9.41. The molecule has 3 rings (SSSR count). The second-order valence-electron chi connectivity index (χ2n) is 9.13. The van der Waals surface area contributed by atoms with E-state index in [-0.39, 0.29) is 52.2 Å². The fourth-order valence-corrected chi connectivity index (χ4v) is 3.51. The van der Waals surface area contributed by atoms with Crippen LogP contribution in [-0.4, -0.2) is 70.3 Å². The molecule has 12 nitrogen and oxygen atoms in total. The van der Waals surface area contributed by atoms with Crippen LogP contribution in [-0.2, 0) is 28.5 Å². The zero-order valence-electron chi connectivity index (χ0n) is 25.3. The van der Waals surface area contributed by atoms with E-state index in [0.717, 1.165) is 12.2 Å². The zero-order chi connectivity index (χ0) is 33.1. The predicted molar refractivity (Wildman–Crippen MR) is 164 cm³/mol. The van der Waals surface area contributed by atoms with Crippen molar-refractivity contribution in [1.82, 2.24) is 0 Å². The molecule has 0 amide bonds. The van der Waals surface area contributed by atoms with Crippen molar-refractivity contribution in [3.63, 3.8) is 0 Å². The highest BCUT2D eigenvalue weighted by Gasteiger charge is 2.14. The Kier molecular flexibility index (Phi) is 14.5. The molecule has 0 heterocycles. The lowest BCUT2D eigenvalue weighted by Crippen LogP contribution is -2.13. The molecule has 12 heteroatoms. The third-order valence-electron chi connectivity index (χ3n) is 5.82. The SMILES string of the molecule is C=CC(=O)OCCOCCOc1ccc(C(=O)Oc2ccc(OC(=O)c3ccc(OCOCCOC(=O)C=C)cc3)cc2C)cc1. The van der Waals surface area contributed by atoms with Gasteiger partial charge in [-0.1, -0.05) is 13.2 Å². The van der Waals surface area contributed by atoms with Crippen molar-refractivity contribution in [2.75, 3.05) is 46.4 Å². The van der Waals surface area contributed by atoms with Gasteiger partial charge in [0.25, 0.3) is 0 Å². The Balaban J connectivity index is 1.40. The maximum atomic E-state index is 12.7. The number of carbonyl (C=O) groups is 4. The van der Waals surface area contributed by atoms with Crippen LogP contribution in [0.3, 0.4) is 0 Å². The monoisotopic (exact) mass is 634 g/mol. The van der Waals surface area contributed by atoms with Gasteiger partial charge in [-0.3, -0.25) is 0 Å². The van der Waals surface area contributed by atoms with E-state index in [1.165, 1.54) is 6.07 Å². The average molecular weight is 635 g/mol. The molecule has 0 fully saturated rings. The van der Waals surface area contributed by atoms with E-state index >= 15 is 0 Å². The number of hydrogen-bond donors (Lipinski definition) is 0. The van der Waals surface area contributed by atoms with Crippen molar-refractivity contribution in [2.24, 2.45) is 0 Å². The second kappa shape index (κ2) is 19.0. The summed E-state index contributed by atoms with van der Waals surface area (Å²) in [5.41, 5.74) is 1.20. The fourth-order valence-electron chi connectivity index (χ4n) is 3.51. The Bertz CT molecular complexity index is 1480. The highest BCUT2D eigenvalue weighted by Crippen LogP contribution is 2.25. The predicted octanol–water partition coefficient (Wildman–Crippen LogP) is 4.64. The molecule has 0 aliphatic carbocycles. The molecule has 3 aromatic rings. The summed E-state index contributed by atoms with van der Waals surface area (Å²) in [5, 5.41) is 0. The standard InChI is InChI=1S/C34H34O12/c1-4-31(35)42-20-17-39-16-19-41-27-10-6-26(7-11-27)34(38)46-30-15-14-29(22-24(30)3)45-33(37)25-8-12-28(13-9-25)44-23-40-18-21-43-32(36)5-2/h4-15,22H,1-2,16-21,23H2,3H3. The largest absolute Gasteiger partial charge is 0.491 e. The maximum absolute atomic E-state index is 12.7. The summed E-state index contributed by atoms with van der Waals surface area (Å²) in [7, 11) is 0. The van der Waals surface area contributed by atoms with Crippen LogP contribution in [0.1, 0.15) is 26.3 Å². The molecule has 0 spiro atoms. The number of rotatable bonds is 19. The van der Waals surface area contributed by atoms with Gasteiger partial charge >= 0.3 is 23.9 Å². The molecule has 242 valence electrons. The van der Waals surface area contributed by atoms with Crippen molar-refractivity contribution >= 4 is 23.9 Å². The number of hydrogen-bond acceptors (Lipinski definition) is 12. The third kappa shape index (κ3) is 12.3. The van der Waals surface area contributed by atoms with Crippen LogP contribution in [0.4, 0.5) is 0 Å². The van der Waals surface area contributed by atoms with Gasteiger partial charge in [-0.2, -0.15) is 0 Å². The van der Waals surface area contributed by atoms with E-state index in [1.54, 1.807) is 67.6 Å². The molecule has 0 N–H and O–H groups in total. The zero-order valence-corrected chi connectivity index (χ0v) is 25.3. The summed E-state index contributed by atoms with van der Waals surface area (Å²) in [4.78, 5) is 47.2. The van der Waals surface area contributed by atoms with Crippen molar-refractivity contribution < 1.29 is 57.1 Å². The lowest BCUT2D eigenvalue weighted by molar-refractivity contribution is -0.140. The number of benzene rings is 3. The molecule has 46 heavy (non-hydrogen) atoms. The van der Waals surface area contributed by atoms with Crippen molar-refractivity contribution in [3.8, 4) is 23.0 Å². The van der Waals surface area contributed by atoms with Crippen LogP contribution in [0.25, 0.3) is 0 Å². The summed E-state index contributed by atoms with van der Waals surface area (Å²) < 4.78 is 42.1. The van der Waals surface area contributed by atoms with E-state index < -0.39 is 23.9 Å². The molecule has 0 aliphatic rings. The quantitative estimate of drug-likeness (QED) is 0.0596. The van der Waals surface area contributed by atoms with E-state index in [9.17, 15) is 19.2 Å². The van der Waals surface area contributed by atoms with Gasteiger partial charge in [0.05, 0.1) is 30.9 Å².